The zero-order valence-corrected chi connectivity index (χ0v) is 27.3. The number of hydrogen-bond donors (Lipinski definition) is 0. The number of carbonyl (C=O) groups excluding carboxylic acids is 3. The van der Waals surface area contributed by atoms with Crippen LogP contribution >= 0.6 is 0 Å². The monoisotopic (exact) mass is 560 g/mol. The van der Waals surface area contributed by atoms with E-state index >= 15 is 0 Å². The summed E-state index contributed by atoms with van der Waals surface area (Å²) in [5.41, 5.74) is -2.57. The molecule has 0 amide bonds. The van der Waals surface area contributed by atoms with Gasteiger partial charge in [0.2, 0.25) is 0 Å². The van der Waals surface area contributed by atoms with Crippen LogP contribution in [0.3, 0.4) is 0 Å². The summed E-state index contributed by atoms with van der Waals surface area (Å²) in [6.07, 6.45) is -5.41. The van der Waals surface area contributed by atoms with E-state index in [2.05, 4.69) is 33.9 Å². The highest BCUT2D eigenvalue weighted by molar-refractivity contribution is 6.74. The fourth-order valence-corrected chi connectivity index (χ4v) is 4.03. The van der Waals surface area contributed by atoms with Crippen LogP contribution in [-0.2, 0) is 42.5 Å². The molecule has 1 saturated heterocycles. The summed E-state index contributed by atoms with van der Waals surface area (Å²) in [5.74, 6) is -1.60. The smallest absolute Gasteiger partial charge is 0.311 e. The molecule has 0 aromatic heterocycles. The average Bonchev–Trinajstić information content (AvgIpc) is 2.71. The topological polar surface area (TPSA) is 107 Å². The van der Waals surface area contributed by atoms with Crippen LogP contribution in [0, 0.1) is 16.2 Å². The van der Waals surface area contributed by atoms with Gasteiger partial charge in [-0.3, -0.25) is 14.4 Å². The molecule has 0 N–H and O–H groups in total. The Balaban J connectivity index is 3.62. The molecule has 9 nitrogen and oxygen atoms in total. The molecule has 0 bridgehead atoms. The molecule has 1 heterocycles. The van der Waals surface area contributed by atoms with Crippen LogP contribution in [0.25, 0.3) is 0 Å². The summed E-state index contributed by atoms with van der Waals surface area (Å²) in [7, 11) is -0.819. The number of hydrogen-bond acceptors (Lipinski definition) is 9. The highest BCUT2D eigenvalue weighted by Gasteiger charge is 2.55. The molecule has 2 unspecified atom stereocenters. The van der Waals surface area contributed by atoms with Gasteiger partial charge in [0.15, 0.2) is 32.9 Å². The number of carbonyl (C=O) groups is 3. The summed E-state index contributed by atoms with van der Waals surface area (Å²) in [6.45, 7) is 26.1. The first-order chi connectivity index (χ1) is 16.8. The molecule has 0 radical (unpaired) electrons. The van der Waals surface area contributed by atoms with Crippen molar-refractivity contribution in [2.75, 3.05) is 13.7 Å². The molecule has 10 heteroatoms. The van der Waals surface area contributed by atoms with Crippen LogP contribution in [0.5, 0.6) is 0 Å². The Morgan fingerprint density at radius 3 is 1.37 bits per heavy atom. The van der Waals surface area contributed by atoms with Gasteiger partial charge in [-0.15, -0.1) is 0 Å². The van der Waals surface area contributed by atoms with Gasteiger partial charge < -0.3 is 28.1 Å². The Hall–Kier alpha value is -1.49. The third kappa shape index (κ3) is 9.03. The third-order valence-corrected chi connectivity index (χ3v) is 11.3. The van der Waals surface area contributed by atoms with Crippen molar-refractivity contribution in [2.45, 2.75) is 132 Å². The second kappa shape index (κ2) is 11.9. The van der Waals surface area contributed by atoms with Gasteiger partial charge in [-0.1, -0.05) is 20.8 Å². The zero-order valence-electron chi connectivity index (χ0n) is 26.3. The summed E-state index contributed by atoms with van der Waals surface area (Å²) in [4.78, 5) is 39.2. The average molecular weight is 561 g/mol. The van der Waals surface area contributed by atoms with Crippen molar-refractivity contribution >= 4 is 26.2 Å². The minimum Gasteiger partial charge on any atom is -0.455 e. The molecule has 1 aliphatic heterocycles. The normalized spacial score (nSPS) is 25.5. The van der Waals surface area contributed by atoms with Gasteiger partial charge in [-0.25, -0.2) is 0 Å². The van der Waals surface area contributed by atoms with E-state index in [0.717, 1.165) is 0 Å². The van der Waals surface area contributed by atoms with E-state index < -0.39 is 73.2 Å². The van der Waals surface area contributed by atoms with Gasteiger partial charge in [0, 0.05) is 7.11 Å². The Bertz CT molecular complexity index is 840. The lowest BCUT2D eigenvalue weighted by Gasteiger charge is -2.46. The molecule has 1 fully saturated rings. The van der Waals surface area contributed by atoms with Crippen molar-refractivity contribution in [3.63, 3.8) is 0 Å². The second-order valence-corrected chi connectivity index (χ2v) is 19.5. The molecule has 222 valence electrons. The molecule has 0 aromatic rings. The molecule has 0 aliphatic carbocycles. The van der Waals surface area contributed by atoms with E-state index in [1.165, 1.54) is 7.11 Å². The molecular weight excluding hydrogens is 508 g/mol. The van der Waals surface area contributed by atoms with Crippen LogP contribution in [0.1, 0.15) is 83.1 Å². The van der Waals surface area contributed by atoms with E-state index in [1.807, 2.05) is 0 Å². The van der Waals surface area contributed by atoms with Gasteiger partial charge >= 0.3 is 17.9 Å². The van der Waals surface area contributed by atoms with E-state index in [9.17, 15) is 14.4 Å². The van der Waals surface area contributed by atoms with Crippen molar-refractivity contribution in [1.29, 1.82) is 0 Å². The van der Waals surface area contributed by atoms with E-state index in [4.69, 9.17) is 28.1 Å². The molecule has 1 aliphatic rings. The second-order valence-electron chi connectivity index (χ2n) is 14.7. The molecule has 0 aromatic carbocycles. The third-order valence-electron chi connectivity index (χ3n) is 6.80. The predicted octanol–water partition coefficient (Wildman–Crippen LogP) is 5.25. The van der Waals surface area contributed by atoms with Gasteiger partial charge in [0.1, 0.15) is 6.10 Å². The fourth-order valence-electron chi connectivity index (χ4n) is 3.01. The quantitative estimate of drug-likeness (QED) is 0.234. The largest absolute Gasteiger partial charge is 0.455 e. The molecule has 0 saturated carbocycles. The van der Waals surface area contributed by atoms with Crippen LogP contribution in [0.2, 0.25) is 18.1 Å². The summed E-state index contributed by atoms with van der Waals surface area (Å²) < 4.78 is 36.0. The van der Waals surface area contributed by atoms with Crippen LogP contribution in [0.15, 0.2) is 0 Å². The van der Waals surface area contributed by atoms with Crippen LogP contribution in [0.4, 0.5) is 0 Å². The van der Waals surface area contributed by atoms with Crippen molar-refractivity contribution in [3.05, 3.63) is 0 Å². The Kier molecular flexibility index (Phi) is 10.9. The molecule has 38 heavy (non-hydrogen) atoms. The SMILES string of the molecule is CO[C@H]1OC(CO[Si](C)(C)C(C)(C)C)[C@@H](OC(=O)C(C)(C)C)[C@@H](OC(=O)C(C)(C)C)C1OC(=O)C(C)(C)C. The predicted molar refractivity (Wildman–Crippen MR) is 147 cm³/mol. The van der Waals surface area contributed by atoms with E-state index in [0.29, 0.717) is 0 Å². The summed E-state index contributed by atoms with van der Waals surface area (Å²) >= 11 is 0. The van der Waals surface area contributed by atoms with E-state index in [-0.39, 0.29) is 11.6 Å². The van der Waals surface area contributed by atoms with Crippen molar-refractivity contribution < 1.29 is 42.5 Å². The van der Waals surface area contributed by atoms with Gasteiger partial charge in [0.25, 0.3) is 0 Å². The maximum absolute atomic E-state index is 13.1. The minimum absolute atomic E-state index is 0.0714. The molecule has 5 atom stereocenters. The Labute approximate surface area is 230 Å². The van der Waals surface area contributed by atoms with Crippen LogP contribution < -0.4 is 0 Å². The Morgan fingerprint density at radius 2 is 1.03 bits per heavy atom. The fraction of sp³-hybridized carbons (Fsp3) is 0.893. The number of esters is 3. The standard InChI is InChI=1S/C28H52O9Si/c1-25(2,3)22(29)35-18-17(16-33-38(14,15)28(10,11)12)34-21(32-13)20(37-24(31)27(7,8)9)19(18)36-23(30)26(4,5)6/h17-21H,16H2,1-15H3/t17?,18-,19-,20?,21+/m1/s1. The van der Waals surface area contributed by atoms with Gasteiger partial charge in [-0.05, 0) is 80.4 Å². The lowest BCUT2D eigenvalue weighted by molar-refractivity contribution is -0.305. The summed E-state index contributed by atoms with van der Waals surface area (Å²) in [5, 5.41) is -0.0806. The highest BCUT2D eigenvalue weighted by Crippen LogP contribution is 2.38. The van der Waals surface area contributed by atoms with Crippen molar-refractivity contribution in [1.82, 2.24) is 0 Å². The first-order valence-electron chi connectivity index (χ1n) is 13.3. The lowest BCUT2D eigenvalue weighted by Crippen LogP contribution is -2.64. The molecule has 0 spiro atoms. The number of methoxy groups -OCH3 is 1. The highest BCUT2D eigenvalue weighted by atomic mass is 28.4. The Morgan fingerprint density at radius 1 is 0.658 bits per heavy atom. The molecular formula is C28H52O9Si. The lowest BCUT2D eigenvalue weighted by atomic mass is 9.93. The maximum atomic E-state index is 13.1. The minimum atomic E-state index is -2.23. The maximum Gasteiger partial charge on any atom is 0.311 e. The van der Waals surface area contributed by atoms with Crippen molar-refractivity contribution in [2.24, 2.45) is 16.2 Å². The molecule has 1 rings (SSSR count). The van der Waals surface area contributed by atoms with E-state index in [1.54, 1.807) is 62.3 Å². The first-order valence-corrected chi connectivity index (χ1v) is 16.2. The van der Waals surface area contributed by atoms with Crippen LogP contribution in [-0.4, -0.2) is 70.6 Å². The summed E-state index contributed by atoms with van der Waals surface area (Å²) in [6, 6.07) is 0. The van der Waals surface area contributed by atoms with Gasteiger partial charge in [-0.2, -0.15) is 0 Å². The zero-order chi connectivity index (χ0) is 30.1. The van der Waals surface area contributed by atoms with Gasteiger partial charge in [0.05, 0.1) is 22.9 Å². The number of ether oxygens (including phenoxy) is 5. The van der Waals surface area contributed by atoms with Crippen molar-refractivity contribution in [3.8, 4) is 0 Å². The number of rotatable bonds is 7. The first kappa shape index (κ1) is 34.5.